The maximum absolute atomic E-state index is 13.0. The quantitative estimate of drug-likeness (QED) is 0.819. The fourth-order valence-corrected chi connectivity index (χ4v) is 4.51. The third kappa shape index (κ3) is 3.03. The number of ketones is 1. The summed E-state index contributed by atoms with van der Waals surface area (Å²) in [5.74, 6) is -0.678. The highest BCUT2D eigenvalue weighted by atomic mass is 19.1. The molecule has 1 saturated carbocycles. The molecule has 1 aliphatic carbocycles. The van der Waals surface area contributed by atoms with E-state index in [1.165, 1.54) is 16.7 Å². The third-order valence-electron chi connectivity index (χ3n) is 6.14. The van der Waals surface area contributed by atoms with Gasteiger partial charge in [-0.05, 0) is 44.0 Å². The second-order valence-electron chi connectivity index (χ2n) is 7.85. The molecule has 1 spiro atoms. The van der Waals surface area contributed by atoms with E-state index in [1.807, 2.05) is 7.05 Å². The van der Waals surface area contributed by atoms with Crippen LogP contribution in [0, 0.1) is 5.82 Å². The first-order valence-corrected chi connectivity index (χ1v) is 9.75. The number of Topliss-reactive ketones (excluding diaryl/α,β-unsaturated/α-hetero) is 1. The number of aromatic hydroxyl groups is 1. The number of hydrogen-bond donors (Lipinski definition) is 1. The molecule has 0 saturated heterocycles. The standard InChI is InChI=1S/C21H24FN3O3/c1-24-13-25-19(28)18(27)17(23-20(25)21(24)11-3-2-4-12-21)16(26)10-7-14-5-8-15(22)9-6-14/h5-6,8-9,27H,2-4,7,10-13H2,1H3. The van der Waals surface area contributed by atoms with Gasteiger partial charge in [0.25, 0.3) is 5.56 Å². The molecule has 0 amide bonds. The molecule has 0 unspecified atom stereocenters. The third-order valence-corrected chi connectivity index (χ3v) is 6.14. The molecule has 2 aromatic rings. The van der Waals surface area contributed by atoms with E-state index in [4.69, 9.17) is 0 Å². The van der Waals surface area contributed by atoms with Crippen molar-refractivity contribution in [1.29, 1.82) is 0 Å². The number of carbonyl (C=O) groups excluding carboxylic acids is 1. The summed E-state index contributed by atoms with van der Waals surface area (Å²) in [4.78, 5) is 32.1. The SMILES string of the molecule is CN1Cn2c(nc(C(=O)CCc3ccc(F)cc3)c(O)c2=O)C12CCCCC2. The molecule has 6 nitrogen and oxygen atoms in total. The van der Waals surface area contributed by atoms with Crippen molar-refractivity contribution in [2.45, 2.75) is 57.2 Å². The lowest BCUT2D eigenvalue weighted by atomic mass is 9.80. The van der Waals surface area contributed by atoms with Crippen LogP contribution in [0.5, 0.6) is 5.75 Å². The minimum absolute atomic E-state index is 0.0952. The summed E-state index contributed by atoms with van der Waals surface area (Å²) in [7, 11) is 1.96. The number of aryl methyl sites for hydroxylation is 1. The van der Waals surface area contributed by atoms with E-state index in [-0.39, 0.29) is 29.3 Å². The number of halogens is 1. The number of nitrogens with zero attached hydrogens (tertiary/aromatic N) is 3. The van der Waals surface area contributed by atoms with Crippen LogP contribution < -0.4 is 5.56 Å². The van der Waals surface area contributed by atoms with Gasteiger partial charge in [-0.25, -0.2) is 9.37 Å². The number of hydrogen-bond acceptors (Lipinski definition) is 5. The lowest BCUT2D eigenvalue weighted by molar-refractivity contribution is 0.0816. The van der Waals surface area contributed by atoms with Crippen molar-refractivity contribution in [2.75, 3.05) is 7.05 Å². The summed E-state index contributed by atoms with van der Waals surface area (Å²) in [6.45, 7) is 0.374. The zero-order chi connectivity index (χ0) is 19.9. The van der Waals surface area contributed by atoms with Gasteiger partial charge >= 0.3 is 0 Å². The zero-order valence-corrected chi connectivity index (χ0v) is 15.9. The van der Waals surface area contributed by atoms with Crippen LogP contribution in [0.4, 0.5) is 4.39 Å². The molecule has 148 valence electrons. The van der Waals surface area contributed by atoms with Crippen LogP contribution in [-0.4, -0.2) is 32.4 Å². The van der Waals surface area contributed by atoms with Crippen LogP contribution in [0.3, 0.4) is 0 Å². The van der Waals surface area contributed by atoms with E-state index < -0.39 is 11.3 Å². The van der Waals surface area contributed by atoms with Crippen LogP contribution in [0.2, 0.25) is 0 Å². The van der Waals surface area contributed by atoms with Crippen molar-refractivity contribution in [1.82, 2.24) is 14.5 Å². The van der Waals surface area contributed by atoms with E-state index in [9.17, 15) is 19.1 Å². The monoisotopic (exact) mass is 385 g/mol. The van der Waals surface area contributed by atoms with E-state index >= 15 is 0 Å². The highest BCUT2D eigenvalue weighted by Gasteiger charge is 2.47. The fraction of sp³-hybridized carbons (Fsp3) is 0.476. The first-order chi connectivity index (χ1) is 13.4. The van der Waals surface area contributed by atoms with Crippen LogP contribution >= 0.6 is 0 Å². The highest BCUT2D eigenvalue weighted by molar-refractivity contribution is 5.96. The molecule has 0 radical (unpaired) electrons. The smallest absolute Gasteiger partial charge is 0.297 e. The lowest BCUT2D eigenvalue weighted by Gasteiger charge is -2.38. The van der Waals surface area contributed by atoms with Crippen molar-refractivity contribution in [2.24, 2.45) is 0 Å². The van der Waals surface area contributed by atoms with E-state index in [0.717, 1.165) is 37.7 Å². The Morgan fingerprint density at radius 1 is 1.21 bits per heavy atom. The molecule has 0 atom stereocenters. The summed E-state index contributed by atoms with van der Waals surface area (Å²) in [6, 6.07) is 5.94. The van der Waals surface area contributed by atoms with Gasteiger partial charge in [-0.3, -0.25) is 19.1 Å². The van der Waals surface area contributed by atoms with Gasteiger partial charge in [0.15, 0.2) is 11.5 Å². The lowest BCUT2D eigenvalue weighted by Crippen LogP contribution is -2.40. The van der Waals surface area contributed by atoms with Gasteiger partial charge < -0.3 is 5.11 Å². The summed E-state index contributed by atoms with van der Waals surface area (Å²) in [5, 5.41) is 10.4. The molecule has 2 aliphatic rings. The highest BCUT2D eigenvalue weighted by Crippen LogP contribution is 2.44. The van der Waals surface area contributed by atoms with Crippen molar-refractivity contribution in [3.8, 4) is 5.75 Å². The van der Waals surface area contributed by atoms with E-state index in [2.05, 4.69) is 9.88 Å². The summed E-state index contributed by atoms with van der Waals surface area (Å²) in [6.07, 6.45) is 5.53. The Hall–Kier alpha value is -2.54. The Morgan fingerprint density at radius 2 is 1.89 bits per heavy atom. The number of fused-ring (bicyclic) bond motifs is 2. The van der Waals surface area contributed by atoms with Crippen molar-refractivity contribution in [3.63, 3.8) is 0 Å². The van der Waals surface area contributed by atoms with Gasteiger partial charge in [0.1, 0.15) is 11.6 Å². The second kappa shape index (κ2) is 7.13. The molecular formula is C21H24FN3O3. The number of rotatable bonds is 4. The predicted octanol–water partition coefficient (Wildman–Crippen LogP) is 2.97. The second-order valence-corrected chi connectivity index (χ2v) is 7.85. The summed E-state index contributed by atoms with van der Waals surface area (Å²) < 4.78 is 14.5. The Balaban J connectivity index is 1.65. The van der Waals surface area contributed by atoms with Gasteiger partial charge in [0, 0.05) is 6.42 Å². The average molecular weight is 385 g/mol. The summed E-state index contributed by atoms with van der Waals surface area (Å²) >= 11 is 0. The van der Waals surface area contributed by atoms with Crippen molar-refractivity contribution < 1.29 is 14.3 Å². The minimum Gasteiger partial charge on any atom is -0.501 e. The van der Waals surface area contributed by atoms with Crippen molar-refractivity contribution >= 4 is 5.78 Å². The Kier molecular flexibility index (Phi) is 4.79. The first kappa shape index (κ1) is 18.8. The van der Waals surface area contributed by atoms with E-state index in [1.54, 1.807) is 12.1 Å². The van der Waals surface area contributed by atoms with Gasteiger partial charge in [-0.15, -0.1) is 0 Å². The number of carbonyl (C=O) groups is 1. The van der Waals surface area contributed by atoms with Crippen LogP contribution in [0.1, 0.15) is 60.4 Å². The Bertz CT molecular complexity index is 962. The number of aromatic nitrogens is 2. The van der Waals surface area contributed by atoms with Gasteiger partial charge in [0.2, 0.25) is 5.75 Å². The maximum atomic E-state index is 13.0. The first-order valence-electron chi connectivity index (χ1n) is 9.75. The molecule has 28 heavy (non-hydrogen) atoms. The van der Waals surface area contributed by atoms with Crippen LogP contribution in [0.25, 0.3) is 0 Å². The largest absolute Gasteiger partial charge is 0.501 e. The average Bonchev–Trinajstić information content (AvgIpc) is 2.96. The molecule has 1 aromatic carbocycles. The number of benzene rings is 1. The molecule has 0 bridgehead atoms. The Morgan fingerprint density at radius 3 is 2.57 bits per heavy atom. The van der Waals surface area contributed by atoms with Gasteiger partial charge in [0.05, 0.1) is 12.2 Å². The van der Waals surface area contributed by atoms with Crippen LogP contribution in [-0.2, 0) is 18.6 Å². The zero-order valence-electron chi connectivity index (χ0n) is 15.9. The molecule has 1 aromatic heterocycles. The Labute approximate surface area is 162 Å². The molecule has 1 N–H and O–H groups in total. The molecule has 1 fully saturated rings. The molecule has 4 rings (SSSR count). The van der Waals surface area contributed by atoms with E-state index in [0.29, 0.717) is 18.9 Å². The molecular weight excluding hydrogens is 361 g/mol. The summed E-state index contributed by atoms with van der Waals surface area (Å²) in [5.41, 5.74) is -0.212. The van der Waals surface area contributed by atoms with Crippen LogP contribution in [0.15, 0.2) is 29.1 Å². The predicted molar refractivity (Wildman–Crippen MR) is 102 cm³/mol. The van der Waals surface area contributed by atoms with Gasteiger partial charge in [-0.2, -0.15) is 0 Å². The molecule has 1 aliphatic heterocycles. The minimum atomic E-state index is -0.575. The molecule has 7 heteroatoms. The molecule has 2 heterocycles. The normalized spacial score (nSPS) is 18.4. The fourth-order valence-electron chi connectivity index (χ4n) is 4.51. The van der Waals surface area contributed by atoms with Gasteiger partial charge in [-0.1, -0.05) is 31.4 Å². The topological polar surface area (TPSA) is 75.4 Å². The maximum Gasteiger partial charge on any atom is 0.297 e. The van der Waals surface area contributed by atoms with Crippen molar-refractivity contribution in [3.05, 3.63) is 57.5 Å².